The van der Waals surface area contributed by atoms with Crippen LogP contribution in [0.2, 0.25) is 0 Å². The van der Waals surface area contributed by atoms with E-state index in [9.17, 15) is 8.42 Å². The Kier molecular flexibility index (Phi) is 7.94. The van der Waals surface area contributed by atoms with Crippen LogP contribution in [0.4, 0.5) is 0 Å². The maximum Gasteiger partial charge on any atom is 0.218 e. The number of nitrogens with two attached hydrogens (primary N) is 1. The summed E-state index contributed by atoms with van der Waals surface area (Å²) in [5.41, 5.74) is 5.54. The summed E-state index contributed by atoms with van der Waals surface area (Å²) in [6, 6.07) is -0.0178. The van der Waals surface area contributed by atoms with Gasteiger partial charge in [0.1, 0.15) is 0 Å². The number of hydrogen-bond donors (Lipinski definition) is 1. The van der Waals surface area contributed by atoms with Crippen molar-refractivity contribution < 1.29 is 13.2 Å². The van der Waals surface area contributed by atoms with Crippen LogP contribution in [0.3, 0.4) is 0 Å². The van der Waals surface area contributed by atoms with Gasteiger partial charge < -0.3 is 10.5 Å². The maximum atomic E-state index is 12.4. The minimum Gasteiger partial charge on any atom is -0.383 e. The smallest absolute Gasteiger partial charge is 0.218 e. The van der Waals surface area contributed by atoms with Crippen molar-refractivity contribution in [3.05, 3.63) is 0 Å². The first-order valence-electron chi connectivity index (χ1n) is 6.15. The van der Waals surface area contributed by atoms with E-state index in [4.69, 9.17) is 10.5 Å². The lowest BCUT2D eigenvalue weighted by Crippen LogP contribution is -2.47. The molecule has 6 heteroatoms. The minimum absolute atomic E-state index is 0.0178. The van der Waals surface area contributed by atoms with E-state index in [-0.39, 0.29) is 12.6 Å². The van der Waals surface area contributed by atoms with E-state index < -0.39 is 15.3 Å². The van der Waals surface area contributed by atoms with Crippen molar-refractivity contribution in [1.82, 2.24) is 4.31 Å². The molecule has 0 amide bonds. The molecule has 0 aromatic heterocycles. The fraction of sp³-hybridized carbons (Fsp3) is 1.00. The van der Waals surface area contributed by atoms with Gasteiger partial charge in [0.05, 0.1) is 11.9 Å². The van der Waals surface area contributed by atoms with E-state index >= 15 is 0 Å². The molecule has 0 aliphatic carbocycles. The molecule has 17 heavy (non-hydrogen) atoms. The standard InChI is InChI=1S/C11H26N2O3S/c1-5-10(3)13(7-8-16-4)17(14,15)11(6-2)9-12/h10-11H,5-9,12H2,1-4H3. The van der Waals surface area contributed by atoms with Crippen LogP contribution < -0.4 is 5.73 Å². The summed E-state index contributed by atoms with van der Waals surface area (Å²) in [7, 11) is -1.75. The number of ether oxygens (including phenoxy) is 1. The largest absolute Gasteiger partial charge is 0.383 e. The van der Waals surface area contributed by atoms with E-state index in [1.165, 1.54) is 4.31 Å². The zero-order valence-corrected chi connectivity index (χ0v) is 12.2. The highest BCUT2D eigenvalue weighted by Crippen LogP contribution is 2.16. The molecule has 0 bridgehead atoms. The number of rotatable bonds is 9. The summed E-state index contributed by atoms with van der Waals surface area (Å²) in [5, 5.41) is -0.492. The topological polar surface area (TPSA) is 72.6 Å². The SMILES string of the molecule is CCC(C)N(CCOC)S(=O)(=O)C(CC)CN. The third kappa shape index (κ3) is 4.54. The fourth-order valence-electron chi connectivity index (χ4n) is 1.67. The second-order valence-electron chi connectivity index (χ2n) is 4.17. The Morgan fingerprint density at radius 2 is 1.88 bits per heavy atom. The number of sulfonamides is 1. The lowest BCUT2D eigenvalue weighted by atomic mass is 10.3. The van der Waals surface area contributed by atoms with Gasteiger partial charge in [-0.3, -0.25) is 0 Å². The maximum absolute atomic E-state index is 12.4. The van der Waals surface area contributed by atoms with Crippen molar-refractivity contribution in [3.63, 3.8) is 0 Å². The van der Waals surface area contributed by atoms with Crippen molar-refractivity contribution in [2.45, 2.75) is 44.9 Å². The molecule has 0 heterocycles. The highest BCUT2D eigenvalue weighted by Gasteiger charge is 2.32. The van der Waals surface area contributed by atoms with Gasteiger partial charge in [-0.25, -0.2) is 8.42 Å². The third-order valence-corrected chi connectivity index (χ3v) is 5.63. The van der Waals surface area contributed by atoms with Gasteiger partial charge >= 0.3 is 0 Å². The Bertz CT molecular complexity index is 289. The Balaban J connectivity index is 5.00. The van der Waals surface area contributed by atoms with Crippen LogP contribution in [0.25, 0.3) is 0 Å². The van der Waals surface area contributed by atoms with Crippen LogP contribution in [0.15, 0.2) is 0 Å². The van der Waals surface area contributed by atoms with Crippen LogP contribution in [0.1, 0.15) is 33.6 Å². The van der Waals surface area contributed by atoms with Gasteiger partial charge in [-0.05, 0) is 19.8 Å². The van der Waals surface area contributed by atoms with Gasteiger partial charge in [0.15, 0.2) is 0 Å². The zero-order valence-electron chi connectivity index (χ0n) is 11.3. The zero-order chi connectivity index (χ0) is 13.5. The molecular formula is C11H26N2O3S. The minimum atomic E-state index is -3.32. The van der Waals surface area contributed by atoms with Crippen molar-refractivity contribution >= 4 is 10.0 Å². The van der Waals surface area contributed by atoms with E-state index in [2.05, 4.69) is 0 Å². The molecule has 0 aromatic rings. The Morgan fingerprint density at radius 1 is 1.29 bits per heavy atom. The predicted molar refractivity (Wildman–Crippen MR) is 70.4 cm³/mol. The molecule has 0 rings (SSSR count). The Labute approximate surface area is 105 Å². The second kappa shape index (κ2) is 8.02. The molecule has 0 aromatic carbocycles. The molecule has 0 saturated heterocycles. The molecular weight excluding hydrogens is 240 g/mol. The number of hydrogen-bond acceptors (Lipinski definition) is 4. The Hall–Kier alpha value is -0.170. The van der Waals surface area contributed by atoms with Gasteiger partial charge in [-0.2, -0.15) is 4.31 Å². The Morgan fingerprint density at radius 3 is 2.24 bits per heavy atom. The summed E-state index contributed by atoms with van der Waals surface area (Å²) in [4.78, 5) is 0. The van der Waals surface area contributed by atoms with E-state index in [0.717, 1.165) is 6.42 Å². The van der Waals surface area contributed by atoms with Crippen molar-refractivity contribution in [2.24, 2.45) is 5.73 Å². The first-order chi connectivity index (χ1) is 7.95. The highest BCUT2D eigenvalue weighted by molar-refractivity contribution is 7.89. The van der Waals surface area contributed by atoms with Gasteiger partial charge in [-0.1, -0.05) is 13.8 Å². The second-order valence-corrected chi connectivity index (χ2v) is 6.34. The third-order valence-electron chi connectivity index (χ3n) is 3.06. The molecule has 0 fully saturated rings. The van der Waals surface area contributed by atoms with Crippen molar-refractivity contribution in [2.75, 3.05) is 26.8 Å². The number of nitrogens with zero attached hydrogens (tertiary/aromatic N) is 1. The lowest BCUT2D eigenvalue weighted by molar-refractivity contribution is 0.167. The molecule has 0 aliphatic heterocycles. The highest BCUT2D eigenvalue weighted by atomic mass is 32.2. The molecule has 2 N–H and O–H groups in total. The van der Waals surface area contributed by atoms with Gasteiger partial charge in [-0.15, -0.1) is 0 Å². The lowest BCUT2D eigenvalue weighted by Gasteiger charge is -2.30. The summed E-state index contributed by atoms with van der Waals surface area (Å²) >= 11 is 0. The van der Waals surface area contributed by atoms with Crippen LogP contribution in [-0.2, 0) is 14.8 Å². The van der Waals surface area contributed by atoms with Gasteiger partial charge in [0.25, 0.3) is 0 Å². The van der Waals surface area contributed by atoms with Gasteiger partial charge in [0.2, 0.25) is 10.0 Å². The van der Waals surface area contributed by atoms with Crippen molar-refractivity contribution in [1.29, 1.82) is 0 Å². The molecule has 2 atom stereocenters. The average molecular weight is 266 g/mol. The van der Waals surface area contributed by atoms with E-state index in [1.54, 1.807) is 7.11 Å². The monoisotopic (exact) mass is 266 g/mol. The molecule has 5 nitrogen and oxygen atoms in total. The van der Waals surface area contributed by atoms with Crippen molar-refractivity contribution in [3.8, 4) is 0 Å². The van der Waals surface area contributed by atoms with Crippen LogP contribution in [0.5, 0.6) is 0 Å². The van der Waals surface area contributed by atoms with Gasteiger partial charge in [0, 0.05) is 26.2 Å². The summed E-state index contributed by atoms with van der Waals surface area (Å²) in [6.45, 7) is 6.70. The predicted octanol–water partition coefficient (Wildman–Crippen LogP) is 0.800. The van der Waals surface area contributed by atoms with Crippen LogP contribution in [0, 0.1) is 0 Å². The molecule has 104 valence electrons. The van der Waals surface area contributed by atoms with E-state index in [0.29, 0.717) is 19.6 Å². The number of methoxy groups -OCH3 is 1. The first-order valence-corrected chi connectivity index (χ1v) is 7.65. The molecule has 0 aliphatic rings. The normalized spacial score (nSPS) is 16.1. The van der Waals surface area contributed by atoms with Crippen LogP contribution >= 0.6 is 0 Å². The molecule has 0 spiro atoms. The molecule has 0 radical (unpaired) electrons. The first kappa shape index (κ1) is 16.8. The summed E-state index contributed by atoms with van der Waals surface area (Å²) < 4.78 is 31.3. The quantitative estimate of drug-likeness (QED) is 0.670. The average Bonchev–Trinajstić information content (AvgIpc) is 2.30. The summed E-state index contributed by atoms with van der Waals surface area (Å²) in [5.74, 6) is 0. The van der Waals surface area contributed by atoms with E-state index in [1.807, 2.05) is 20.8 Å². The molecule has 0 saturated carbocycles. The molecule has 2 unspecified atom stereocenters. The van der Waals surface area contributed by atoms with Crippen LogP contribution in [-0.4, -0.2) is 50.8 Å². The fourth-order valence-corrected chi connectivity index (χ4v) is 3.70. The summed E-state index contributed by atoms with van der Waals surface area (Å²) in [6.07, 6.45) is 1.32.